The van der Waals surface area contributed by atoms with E-state index in [1.165, 1.54) is 30.2 Å². The number of para-hydroxylation sites is 2. The van der Waals surface area contributed by atoms with Crippen molar-refractivity contribution < 1.29 is 9.13 Å². The Hall–Kier alpha value is -2.70. The van der Waals surface area contributed by atoms with Gasteiger partial charge in [-0.1, -0.05) is 30.3 Å². The monoisotopic (exact) mass is 406 g/mol. The van der Waals surface area contributed by atoms with Crippen molar-refractivity contribution in [2.45, 2.75) is 44.9 Å². The Balaban J connectivity index is 1.47. The van der Waals surface area contributed by atoms with Gasteiger partial charge in [0.1, 0.15) is 17.3 Å². The summed E-state index contributed by atoms with van der Waals surface area (Å²) in [6.07, 6.45) is 3.36. The molecule has 6 heteroatoms. The van der Waals surface area contributed by atoms with Gasteiger partial charge in [0.15, 0.2) is 0 Å². The molecular weight excluding hydrogens is 379 g/mol. The van der Waals surface area contributed by atoms with E-state index >= 15 is 0 Å². The van der Waals surface area contributed by atoms with Gasteiger partial charge >= 0.3 is 0 Å². The standard InChI is InChI=1S/C24H27FN4O/c1-30-24-9-5-4-8-23(24)29-22-12-13-28(15-17-6-2-3-7-20(17)25)16-19(22)21(27-29)14-26-18-10-11-18/h2-9,18,26H,10-16H2,1H3. The molecule has 30 heavy (non-hydrogen) atoms. The first-order chi connectivity index (χ1) is 14.7. The molecule has 2 aliphatic rings. The van der Waals surface area contributed by atoms with Gasteiger partial charge in [0.2, 0.25) is 0 Å². The third-order valence-corrected chi connectivity index (χ3v) is 6.02. The Kier molecular flexibility index (Phi) is 5.27. The second-order valence-electron chi connectivity index (χ2n) is 8.16. The normalized spacial score (nSPS) is 16.5. The molecule has 1 fully saturated rings. The van der Waals surface area contributed by atoms with Gasteiger partial charge in [-0.25, -0.2) is 9.07 Å². The van der Waals surface area contributed by atoms with Crippen LogP contribution in [0.25, 0.3) is 5.69 Å². The molecule has 2 aromatic carbocycles. The topological polar surface area (TPSA) is 42.3 Å². The zero-order valence-electron chi connectivity index (χ0n) is 17.3. The van der Waals surface area contributed by atoms with E-state index in [9.17, 15) is 4.39 Å². The van der Waals surface area contributed by atoms with Gasteiger partial charge in [-0.3, -0.25) is 4.90 Å². The van der Waals surface area contributed by atoms with Crippen LogP contribution in [0.2, 0.25) is 0 Å². The maximum atomic E-state index is 14.2. The summed E-state index contributed by atoms with van der Waals surface area (Å²) in [6.45, 7) is 3.03. The lowest BCUT2D eigenvalue weighted by molar-refractivity contribution is 0.239. The maximum absolute atomic E-state index is 14.2. The van der Waals surface area contributed by atoms with E-state index in [1.807, 2.05) is 30.3 Å². The van der Waals surface area contributed by atoms with Crippen molar-refractivity contribution >= 4 is 0 Å². The highest BCUT2D eigenvalue weighted by atomic mass is 19.1. The fourth-order valence-electron chi connectivity index (χ4n) is 4.22. The average Bonchev–Trinajstić information content (AvgIpc) is 3.54. The first-order valence-electron chi connectivity index (χ1n) is 10.6. The van der Waals surface area contributed by atoms with E-state index in [2.05, 4.69) is 21.0 Å². The fraction of sp³-hybridized carbons (Fsp3) is 0.375. The molecule has 1 aliphatic carbocycles. The molecule has 1 N–H and O–H groups in total. The van der Waals surface area contributed by atoms with Gasteiger partial charge in [0.25, 0.3) is 0 Å². The number of nitrogens with one attached hydrogen (secondary N) is 1. The summed E-state index contributed by atoms with van der Waals surface area (Å²) < 4.78 is 21.8. The van der Waals surface area contributed by atoms with Gasteiger partial charge in [-0.05, 0) is 31.0 Å². The van der Waals surface area contributed by atoms with Crippen molar-refractivity contribution in [3.8, 4) is 11.4 Å². The highest BCUT2D eigenvalue weighted by Crippen LogP contribution is 2.31. The molecule has 5 rings (SSSR count). The summed E-state index contributed by atoms with van der Waals surface area (Å²) in [4.78, 5) is 2.32. The van der Waals surface area contributed by atoms with Gasteiger partial charge < -0.3 is 10.1 Å². The number of rotatable bonds is 7. The van der Waals surface area contributed by atoms with Crippen LogP contribution in [0.1, 0.15) is 35.4 Å². The molecule has 3 aromatic rings. The number of halogens is 1. The van der Waals surface area contributed by atoms with Crippen molar-refractivity contribution in [1.29, 1.82) is 0 Å². The van der Waals surface area contributed by atoms with Crippen LogP contribution in [0.4, 0.5) is 4.39 Å². The Morgan fingerprint density at radius 3 is 2.73 bits per heavy atom. The van der Waals surface area contributed by atoms with E-state index in [0.717, 1.165) is 48.7 Å². The Morgan fingerprint density at radius 2 is 1.93 bits per heavy atom. The number of benzene rings is 2. The van der Waals surface area contributed by atoms with E-state index in [-0.39, 0.29) is 5.82 Å². The van der Waals surface area contributed by atoms with E-state index < -0.39 is 0 Å². The van der Waals surface area contributed by atoms with Crippen molar-refractivity contribution in [2.24, 2.45) is 0 Å². The van der Waals surface area contributed by atoms with E-state index in [0.29, 0.717) is 12.6 Å². The van der Waals surface area contributed by atoms with E-state index in [4.69, 9.17) is 9.84 Å². The molecule has 0 atom stereocenters. The first kappa shape index (κ1) is 19.3. The largest absolute Gasteiger partial charge is 0.494 e. The number of hydrogen-bond acceptors (Lipinski definition) is 4. The summed E-state index contributed by atoms with van der Waals surface area (Å²) in [5.41, 5.74) is 5.29. The zero-order valence-corrected chi connectivity index (χ0v) is 17.3. The number of fused-ring (bicyclic) bond motifs is 1. The molecule has 0 radical (unpaired) electrons. The minimum atomic E-state index is -0.136. The summed E-state index contributed by atoms with van der Waals surface area (Å²) in [5.74, 6) is 0.682. The van der Waals surface area contributed by atoms with Gasteiger partial charge in [0, 0.05) is 49.8 Å². The minimum Gasteiger partial charge on any atom is -0.494 e. The molecule has 1 saturated carbocycles. The fourth-order valence-corrected chi connectivity index (χ4v) is 4.22. The highest BCUT2D eigenvalue weighted by Gasteiger charge is 2.28. The molecule has 5 nitrogen and oxygen atoms in total. The van der Waals surface area contributed by atoms with Crippen LogP contribution < -0.4 is 10.1 Å². The summed E-state index contributed by atoms with van der Waals surface area (Å²) in [7, 11) is 1.69. The number of aromatic nitrogens is 2. The van der Waals surface area contributed by atoms with Crippen molar-refractivity contribution in [1.82, 2.24) is 20.0 Å². The average molecular weight is 407 g/mol. The molecule has 0 amide bonds. The molecule has 0 bridgehead atoms. The van der Waals surface area contributed by atoms with Crippen LogP contribution >= 0.6 is 0 Å². The van der Waals surface area contributed by atoms with Crippen LogP contribution in [-0.2, 0) is 26.1 Å². The molecule has 1 aliphatic heterocycles. The van der Waals surface area contributed by atoms with Crippen LogP contribution in [0, 0.1) is 5.82 Å². The molecule has 1 aromatic heterocycles. The zero-order chi connectivity index (χ0) is 20.5. The van der Waals surface area contributed by atoms with Crippen molar-refractivity contribution in [2.75, 3.05) is 13.7 Å². The minimum absolute atomic E-state index is 0.136. The number of ether oxygens (including phenoxy) is 1. The third kappa shape index (κ3) is 3.85. The molecule has 0 saturated heterocycles. The Labute approximate surface area is 176 Å². The smallest absolute Gasteiger partial charge is 0.144 e. The number of nitrogens with zero attached hydrogens (tertiary/aromatic N) is 3. The SMILES string of the molecule is COc1ccccc1-n1nc(CNC2CC2)c2c1CCN(Cc1ccccc1F)C2. The lowest BCUT2D eigenvalue weighted by Gasteiger charge is -2.28. The predicted molar refractivity (Wildman–Crippen MR) is 114 cm³/mol. The quantitative estimate of drug-likeness (QED) is 0.648. The lowest BCUT2D eigenvalue weighted by atomic mass is 10.0. The second kappa shape index (κ2) is 8.20. The molecule has 0 spiro atoms. The Morgan fingerprint density at radius 1 is 1.13 bits per heavy atom. The summed E-state index contributed by atoms with van der Waals surface area (Å²) >= 11 is 0. The maximum Gasteiger partial charge on any atom is 0.144 e. The molecule has 156 valence electrons. The highest BCUT2D eigenvalue weighted by molar-refractivity contribution is 5.49. The Bertz CT molecular complexity index is 1040. The van der Waals surface area contributed by atoms with Gasteiger partial charge in [0.05, 0.1) is 18.5 Å². The molecule has 2 heterocycles. The predicted octanol–water partition coefficient (Wildman–Crippen LogP) is 3.83. The van der Waals surface area contributed by atoms with Crippen molar-refractivity contribution in [3.05, 3.63) is 76.9 Å². The van der Waals surface area contributed by atoms with Crippen LogP contribution in [0.3, 0.4) is 0 Å². The van der Waals surface area contributed by atoms with E-state index in [1.54, 1.807) is 13.2 Å². The molecular formula is C24H27FN4O. The van der Waals surface area contributed by atoms with Crippen LogP contribution in [0.5, 0.6) is 5.75 Å². The summed E-state index contributed by atoms with van der Waals surface area (Å²) in [5, 5.41) is 8.61. The third-order valence-electron chi connectivity index (χ3n) is 6.02. The summed E-state index contributed by atoms with van der Waals surface area (Å²) in [6, 6.07) is 15.7. The van der Waals surface area contributed by atoms with Gasteiger partial charge in [-0.2, -0.15) is 5.10 Å². The van der Waals surface area contributed by atoms with Crippen LogP contribution in [-0.4, -0.2) is 34.4 Å². The lowest BCUT2D eigenvalue weighted by Crippen LogP contribution is -2.31. The van der Waals surface area contributed by atoms with Crippen LogP contribution in [0.15, 0.2) is 48.5 Å². The first-order valence-corrected chi connectivity index (χ1v) is 10.6. The van der Waals surface area contributed by atoms with Gasteiger partial charge in [-0.15, -0.1) is 0 Å². The molecule has 0 unspecified atom stereocenters. The van der Waals surface area contributed by atoms with Crippen molar-refractivity contribution in [3.63, 3.8) is 0 Å². The number of methoxy groups -OCH3 is 1. The second-order valence-corrected chi connectivity index (χ2v) is 8.16. The number of hydrogen-bond donors (Lipinski definition) is 1.